The van der Waals surface area contributed by atoms with Gasteiger partial charge in [0.15, 0.2) is 0 Å². The third-order valence-electron chi connectivity index (χ3n) is 2.64. The maximum Gasteiger partial charge on any atom is 0.126 e. The van der Waals surface area contributed by atoms with Crippen molar-refractivity contribution in [3.05, 3.63) is 40.5 Å². The van der Waals surface area contributed by atoms with Crippen LogP contribution in [0.5, 0.6) is 0 Å². The first-order valence-corrected chi connectivity index (χ1v) is 5.69. The Morgan fingerprint density at radius 1 is 1.56 bits per heavy atom. The normalized spacial score (nSPS) is 10.1. The van der Waals surface area contributed by atoms with E-state index in [4.69, 9.17) is 22.6 Å². The van der Waals surface area contributed by atoms with Crippen molar-refractivity contribution < 1.29 is 0 Å². The molecule has 0 unspecified atom stereocenters. The summed E-state index contributed by atoms with van der Waals surface area (Å²) in [7, 11) is 1.78. The van der Waals surface area contributed by atoms with Crippen LogP contribution in [0.2, 0.25) is 5.02 Å². The first kappa shape index (κ1) is 12.3. The first-order chi connectivity index (χ1) is 8.61. The molecule has 1 heterocycles. The lowest BCUT2D eigenvalue weighted by Gasteiger charge is -2.08. The molecule has 0 atom stereocenters. The lowest BCUT2D eigenvalue weighted by Crippen LogP contribution is -2.05. The molecule has 0 bridgehead atoms. The molecule has 0 saturated heterocycles. The largest absolute Gasteiger partial charge is 0.384 e. The summed E-state index contributed by atoms with van der Waals surface area (Å²) in [6, 6.07) is 7.18. The van der Waals surface area contributed by atoms with Crippen molar-refractivity contribution >= 4 is 23.1 Å². The summed E-state index contributed by atoms with van der Waals surface area (Å²) >= 11 is 5.90. The number of aryl methyl sites for hydroxylation is 1. The number of nitrogen functional groups attached to an aromatic ring is 1. The van der Waals surface area contributed by atoms with E-state index in [2.05, 4.69) is 16.5 Å². The van der Waals surface area contributed by atoms with Gasteiger partial charge in [-0.2, -0.15) is 10.4 Å². The minimum absolute atomic E-state index is 0.495. The van der Waals surface area contributed by atoms with E-state index in [1.807, 2.05) is 0 Å². The number of rotatable bonds is 3. The molecule has 0 aliphatic carbocycles. The van der Waals surface area contributed by atoms with Gasteiger partial charge in [-0.1, -0.05) is 11.6 Å². The number of nitrogens with one attached hydrogen (secondary N) is 1. The van der Waals surface area contributed by atoms with E-state index in [0.717, 1.165) is 5.56 Å². The molecule has 0 aliphatic heterocycles. The molecule has 0 amide bonds. The molecule has 2 aromatic rings. The molecule has 0 radical (unpaired) electrons. The Morgan fingerprint density at radius 3 is 2.94 bits per heavy atom. The summed E-state index contributed by atoms with van der Waals surface area (Å²) in [5.74, 6) is 0.600. The van der Waals surface area contributed by atoms with E-state index in [1.165, 1.54) is 0 Å². The molecule has 2 rings (SSSR count). The molecule has 3 N–H and O–H groups in total. The van der Waals surface area contributed by atoms with E-state index in [9.17, 15) is 0 Å². The summed E-state index contributed by atoms with van der Waals surface area (Å²) in [6.07, 6.45) is 1.69. The fourth-order valence-electron chi connectivity index (χ4n) is 1.58. The summed E-state index contributed by atoms with van der Waals surface area (Å²) < 4.78 is 1.60. The van der Waals surface area contributed by atoms with E-state index < -0.39 is 0 Å². The van der Waals surface area contributed by atoms with Gasteiger partial charge in [0.1, 0.15) is 11.9 Å². The summed E-state index contributed by atoms with van der Waals surface area (Å²) in [5.41, 5.74) is 7.94. The fourth-order valence-corrected chi connectivity index (χ4v) is 1.75. The van der Waals surface area contributed by atoms with E-state index in [-0.39, 0.29) is 0 Å². The number of halogens is 1. The van der Waals surface area contributed by atoms with Gasteiger partial charge in [-0.25, -0.2) is 0 Å². The summed E-state index contributed by atoms with van der Waals surface area (Å²) in [4.78, 5) is 0. The third kappa shape index (κ3) is 2.39. The van der Waals surface area contributed by atoms with Crippen LogP contribution in [0.1, 0.15) is 11.1 Å². The lowest BCUT2D eigenvalue weighted by atomic mass is 10.2. The van der Waals surface area contributed by atoms with Crippen LogP contribution in [0, 0.1) is 11.3 Å². The molecule has 1 aromatic carbocycles. The molecule has 0 aliphatic rings. The predicted octanol–water partition coefficient (Wildman–Crippen LogP) is 2.14. The second-order valence-electron chi connectivity index (χ2n) is 3.83. The van der Waals surface area contributed by atoms with E-state index >= 15 is 0 Å². The van der Waals surface area contributed by atoms with Gasteiger partial charge in [0, 0.05) is 24.2 Å². The Kier molecular flexibility index (Phi) is 3.40. The zero-order chi connectivity index (χ0) is 13.1. The van der Waals surface area contributed by atoms with Crippen molar-refractivity contribution in [2.24, 2.45) is 7.05 Å². The summed E-state index contributed by atoms with van der Waals surface area (Å²) in [6.45, 7) is 0.495. The van der Waals surface area contributed by atoms with Gasteiger partial charge < -0.3 is 11.1 Å². The Morgan fingerprint density at radius 2 is 2.33 bits per heavy atom. The van der Waals surface area contributed by atoms with Crippen LogP contribution in [-0.4, -0.2) is 9.78 Å². The van der Waals surface area contributed by atoms with Gasteiger partial charge in [0.2, 0.25) is 0 Å². The van der Waals surface area contributed by atoms with Crippen LogP contribution in [-0.2, 0) is 13.6 Å². The van der Waals surface area contributed by atoms with Gasteiger partial charge >= 0.3 is 0 Å². The number of hydrogen-bond acceptors (Lipinski definition) is 4. The number of aromatic nitrogens is 2. The van der Waals surface area contributed by atoms with Gasteiger partial charge in [0.05, 0.1) is 17.4 Å². The smallest absolute Gasteiger partial charge is 0.126 e. The summed E-state index contributed by atoms with van der Waals surface area (Å²) in [5, 5.41) is 16.8. The van der Waals surface area contributed by atoms with Crippen molar-refractivity contribution in [1.29, 1.82) is 5.26 Å². The van der Waals surface area contributed by atoms with Crippen molar-refractivity contribution in [1.82, 2.24) is 9.78 Å². The van der Waals surface area contributed by atoms with Crippen LogP contribution < -0.4 is 11.1 Å². The predicted molar refractivity (Wildman–Crippen MR) is 71.1 cm³/mol. The highest BCUT2D eigenvalue weighted by Crippen LogP contribution is 2.21. The molecule has 1 aromatic heterocycles. The maximum absolute atomic E-state index is 8.99. The number of hydrogen-bond donors (Lipinski definition) is 2. The monoisotopic (exact) mass is 261 g/mol. The van der Waals surface area contributed by atoms with Gasteiger partial charge in [-0.15, -0.1) is 0 Å². The molecule has 5 nitrogen and oxygen atoms in total. The quantitative estimate of drug-likeness (QED) is 0.887. The van der Waals surface area contributed by atoms with Crippen LogP contribution >= 0.6 is 11.6 Å². The highest BCUT2D eigenvalue weighted by atomic mass is 35.5. The molecule has 0 fully saturated rings. The number of anilines is 2. The minimum atomic E-state index is 0.495. The average Bonchev–Trinajstić information content (AvgIpc) is 2.68. The topological polar surface area (TPSA) is 79.7 Å². The second kappa shape index (κ2) is 4.98. The Bertz CT molecular complexity index is 611. The Hall–Kier alpha value is -2.19. The number of benzene rings is 1. The van der Waals surface area contributed by atoms with Crippen LogP contribution in [0.25, 0.3) is 0 Å². The minimum Gasteiger partial charge on any atom is -0.384 e. The number of nitrogens with zero attached hydrogens (tertiary/aromatic N) is 3. The molecule has 0 saturated carbocycles. The maximum atomic E-state index is 8.99. The Labute approximate surface area is 110 Å². The van der Waals surface area contributed by atoms with E-state index in [1.54, 1.807) is 36.1 Å². The zero-order valence-corrected chi connectivity index (χ0v) is 10.6. The Balaban J connectivity index is 2.18. The SMILES string of the molecule is Cn1ncc(CNc2cc(Cl)ccc2C#N)c1N. The third-order valence-corrected chi connectivity index (χ3v) is 2.87. The fraction of sp³-hybridized carbons (Fsp3) is 0.167. The average molecular weight is 262 g/mol. The van der Waals surface area contributed by atoms with E-state index in [0.29, 0.717) is 28.6 Å². The van der Waals surface area contributed by atoms with Crippen LogP contribution in [0.3, 0.4) is 0 Å². The first-order valence-electron chi connectivity index (χ1n) is 5.31. The number of nitriles is 1. The zero-order valence-electron chi connectivity index (χ0n) is 9.81. The van der Waals surface area contributed by atoms with Gasteiger partial charge in [-0.3, -0.25) is 4.68 Å². The highest BCUT2D eigenvalue weighted by Gasteiger charge is 2.06. The van der Waals surface area contributed by atoms with Crippen molar-refractivity contribution in [2.45, 2.75) is 6.54 Å². The van der Waals surface area contributed by atoms with Gasteiger partial charge in [-0.05, 0) is 18.2 Å². The molecule has 6 heteroatoms. The van der Waals surface area contributed by atoms with Crippen molar-refractivity contribution in [2.75, 3.05) is 11.1 Å². The van der Waals surface area contributed by atoms with Crippen LogP contribution in [0.15, 0.2) is 24.4 Å². The molecule has 18 heavy (non-hydrogen) atoms. The molecular weight excluding hydrogens is 250 g/mol. The molecule has 92 valence electrons. The highest BCUT2D eigenvalue weighted by molar-refractivity contribution is 6.30. The lowest BCUT2D eigenvalue weighted by molar-refractivity contribution is 0.778. The molecule has 0 spiro atoms. The van der Waals surface area contributed by atoms with Crippen molar-refractivity contribution in [3.63, 3.8) is 0 Å². The van der Waals surface area contributed by atoms with Crippen LogP contribution in [0.4, 0.5) is 11.5 Å². The number of nitrogens with two attached hydrogens (primary N) is 1. The van der Waals surface area contributed by atoms with Gasteiger partial charge in [0.25, 0.3) is 0 Å². The standard InChI is InChI=1S/C12H12ClN5/c1-18-12(15)9(7-17-18)6-16-11-4-10(13)3-2-8(11)5-14/h2-4,7,16H,6,15H2,1H3. The molecular formula is C12H12ClN5. The second-order valence-corrected chi connectivity index (χ2v) is 4.27. The van der Waals surface area contributed by atoms with Crippen molar-refractivity contribution in [3.8, 4) is 6.07 Å².